The number of ether oxygens (including phenoxy) is 4. The SMILES string of the molecule is CCCCCC/C=C\C=C/CCCCCCCC(=O)OC[C@H](COP(=O)(O)OCC(O)COP(=O)(O)OC[C@@H](COC(=O)CCCCCCCCC(C)C)OC(=O)CCCCCCCCCCCCCCCCCC(C)C)OC(=O)CCCCCCCCCCC(C)C. The van der Waals surface area contributed by atoms with Crippen LogP contribution in [0.4, 0.5) is 0 Å². The zero-order valence-electron chi connectivity index (χ0n) is 60.2. The van der Waals surface area contributed by atoms with Gasteiger partial charge in [-0.25, -0.2) is 9.13 Å². The van der Waals surface area contributed by atoms with Crippen LogP contribution in [0.1, 0.15) is 350 Å². The molecule has 0 aromatic heterocycles. The third kappa shape index (κ3) is 67.9. The average Bonchev–Trinajstić information content (AvgIpc) is 1.61. The maximum absolute atomic E-state index is 13.0. The molecule has 0 rings (SSSR count). The number of hydrogen-bond acceptors (Lipinski definition) is 15. The fraction of sp³-hybridized carbons (Fsp3) is 0.892. The lowest BCUT2D eigenvalue weighted by Crippen LogP contribution is -2.30. The molecule has 3 unspecified atom stereocenters. The second kappa shape index (κ2) is 64.2. The normalized spacial score (nSPS) is 14.3. The maximum Gasteiger partial charge on any atom is 0.472 e. The third-order valence-corrected chi connectivity index (χ3v) is 18.4. The first-order valence-corrected chi connectivity index (χ1v) is 40.7. The van der Waals surface area contributed by atoms with E-state index in [1.54, 1.807) is 0 Å². The van der Waals surface area contributed by atoms with E-state index in [4.69, 9.17) is 37.0 Å². The largest absolute Gasteiger partial charge is 0.472 e. The Morgan fingerprint density at radius 1 is 0.333 bits per heavy atom. The van der Waals surface area contributed by atoms with Gasteiger partial charge in [-0.3, -0.25) is 37.3 Å². The maximum atomic E-state index is 13.0. The first-order chi connectivity index (χ1) is 44.7. The number of rotatable bonds is 70. The van der Waals surface area contributed by atoms with Crippen LogP contribution in [-0.4, -0.2) is 96.7 Å². The van der Waals surface area contributed by atoms with E-state index in [9.17, 15) is 43.2 Å². The molecule has 0 fully saturated rings. The van der Waals surface area contributed by atoms with Crippen molar-refractivity contribution in [1.82, 2.24) is 0 Å². The molecule has 0 saturated carbocycles. The Kier molecular flexibility index (Phi) is 62.5. The van der Waals surface area contributed by atoms with Gasteiger partial charge in [-0.2, -0.15) is 0 Å². The molecule has 0 aromatic carbocycles. The molecule has 0 aliphatic heterocycles. The van der Waals surface area contributed by atoms with Crippen LogP contribution in [0.25, 0.3) is 0 Å². The molecule has 17 nitrogen and oxygen atoms in total. The Morgan fingerprint density at radius 2 is 0.581 bits per heavy atom. The zero-order chi connectivity index (χ0) is 68.7. The van der Waals surface area contributed by atoms with E-state index in [1.807, 2.05) is 0 Å². The van der Waals surface area contributed by atoms with Crippen LogP contribution < -0.4 is 0 Å². The number of aliphatic hydroxyl groups is 1. The summed E-state index contributed by atoms with van der Waals surface area (Å²) in [6.07, 6.45) is 52.4. The molecule has 19 heteroatoms. The standard InChI is InChI=1S/C74H140O17P2/c1-8-9-10-11-12-13-14-15-17-21-24-27-33-41-48-55-71(76)84-61-69(91-74(79)58-51-44-35-30-29-32-39-46-53-66(4)5)63-88-92(80,81)86-59-68(75)60-87-93(82,83)89-64-70(62-85-72(77)56-49-42-37-36-40-47-54-67(6)7)90-73(78)57-50-43-34-28-25-22-19-16-18-20-23-26-31-38-45-52-65(2)3/h13-15,17,65-70,75H,8-12,16,18-64H2,1-7H3,(H,80,81)(H,82,83)/b14-13-,17-15-/t68?,69-,70-/m1/s1. The predicted octanol–water partition coefficient (Wildman–Crippen LogP) is 21.0. The Morgan fingerprint density at radius 3 is 0.871 bits per heavy atom. The van der Waals surface area contributed by atoms with Gasteiger partial charge in [-0.05, 0) is 69.1 Å². The summed E-state index contributed by atoms with van der Waals surface area (Å²) < 4.78 is 68.3. The minimum absolute atomic E-state index is 0.0972. The van der Waals surface area contributed by atoms with Crippen molar-refractivity contribution in [2.45, 2.75) is 369 Å². The van der Waals surface area contributed by atoms with Gasteiger partial charge >= 0.3 is 39.5 Å². The van der Waals surface area contributed by atoms with Crippen LogP contribution in [0.2, 0.25) is 0 Å². The van der Waals surface area contributed by atoms with Gasteiger partial charge in [0.2, 0.25) is 0 Å². The van der Waals surface area contributed by atoms with Crippen molar-refractivity contribution in [2.24, 2.45) is 17.8 Å². The minimum Gasteiger partial charge on any atom is -0.462 e. The van der Waals surface area contributed by atoms with Gasteiger partial charge in [0, 0.05) is 25.7 Å². The number of carbonyl (C=O) groups excluding carboxylic acids is 4. The summed E-state index contributed by atoms with van der Waals surface area (Å²) in [6, 6.07) is 0. The van der Waals surface area contributed by atoms with E-state index < -0.39 is 97.5 Å². The molecule has 0 radical (unpaired) electrons. The van der Waals surface area contributed by atoms with Crippen molar-refractivity contribution < 1.29 is 80.2 Å². The monoisotopic (exact) mass is 1360 g/mol. The molecule has 0 aliphatic carbocycles. The Labute approximate surface area is 567 Å². The Balaban J connectivity index is 5.23. The number of esters is 4. The van der Waals surface area contributed by atoms with Gasteiger partial charge in [0.15, 0.2) is 12.2 Å². The average molecular weight is 1360 g/mol. The van der Waals surface area contributed by atoms with Crippen LogP contribution in [0.3, 0.4) is 0 Å². The van der Waals surface area contributed by atoms with Gasteiger partial charge in [-0.1, -0.05) is 297 Å². The predicted molar refractivity (Wildman–Crippen MR) is 377 cm³/mol. The van der Waals surface area contributed by atoms with Crippen molar-refractivity contribution >= 4 is 39.5 Å². The van der Waals surface area contributed by atoms with E-state index in [1.165, 1.54) is 135 Å². The molecule has 548 valence electrons. The number of unbranched alkanes of at least 4 members (excludes halogenated alkanes) is 35. The number of hydrogen-bond donors (Lipinski definition) is 3. The van der Waals surface area contributed by atoms with E-state index in [0.717, 1.165) is 121 Å². The van der Waals surface area contributed by atoms with Crippen molar-refractivity contribution in [2.75, 3.05) is 39.6 Å². The molecule has 0 saturated heterocycles. The fourth-order valence-corrected chi connectivity index (χ4v) is 12.3. The van der Waals surface area contributed by atoms with E-state index in [-0.39, 0.29) is 25.7 Å². The molecule has 0 amide bonds. The van der Waals surface area contributed by atoms with Crippen molar-refractivity contribution in [1.29, 1.82) is 0 Å². The first-order valence-electron chi connectivity index (χ1n) is 37.7. The summed E-state index contributed by atoms with van der Waals surface area (Å²) in [5.41, 5.74) is 0. The number of phosphoric ester groups is 2. The molecule has 0 heterocycles. The van der Waals surface area contributed by atoms with Gasteiger partial charge < -0.3 is 33.8 Å². The first kappa shape index (κ1) is 90.5. The summed E-state index contributed by atoms with van der Waals surface area (Å²) in [5.74, 6) is 0.0389. The summed E-state index contributed by atoms with van der Waals surface area (Å²) >= 11 is 0. The second-order valence-corrected chi connectivity index (χ2v) is 30.3. The summed E-state index contributed by atoms with van der Waals surface area (Å²) in [7, 11) is -9.92. The third-order valence-electron chi connectivity index (χ3n) is 16.5. The summed E-state index contributed by atoms with van der Waals surface area (Å²) in [6.45, 7) is 11.7. The van der Waals surface area contributed by atoms with E-state index in [2.05, 4.69) is 72.8 Å². The molecule has 93 heavy (non-hydrogen) atoms. The topological polar surface area (TPSA) is 237 Å². The molecule has 0 bridgehead atoms. The van der Waals surface area contributed by atoms with Crippen molar-refractivity contribution in [3.8, 4) is 0 Å². The molecule has 0 aromatic rings. The summed E-state index contributed by atoms with van der Waals surface area (Å²) in [5, 5.41) is 10.6. The Hall–Kier alpha value is -2.46. The number of phosphoric acid groups is 2. The lowest BCUT2D eigenvalue weighted by molar-refractivity contribution is -0.161. The molecule has 0 aliphatic rings. The van der Waals surface area contributed by atoms with E-state index in [0.29, 0.717) is 37.5 Å². The van der Waals surface area contributed by atoms with Crippen LogP contribution in [0.5, 0.6) is 0 Å². The van der Waals surface area contributed by atoms with Gasteiger partial charge in [0.05, 0.1) is 26.4 Å². The second-order valence-electron chi connectivity index (χ2n) is 27.4. The zero-order valence-corrected chi connectivity index (χ0v) is 62.0. The van der Waals surface area contributed by atoms with Gasteiger partial charge in [-0.15, -0.1) is 0 Å². The lowest BCUT2D eigenvalue weighted by Gasteiger charge is -2.21. The van der Waals surface area contributed by atoms with Crippen LogP contribution in [0.15, 0.2) is 24.3 Å². The van der Waals surface area contributed by atoms with Crippen molar-refractivity contribution in [3.63, 3.8) is 0 Å². The smallest absolute Gasteiger partial charge is 0.462 e. The molecular formula is C74H140O17P2. The highest BCUT2D eigenvalue weighted by atomic mass is 31.2. The lowest BCUT2D eigenvalue weighted by atomic mass is 10.0. The van der Waals surface area contributed by atoms with Crippen LogP contribution >= 0.6 is 15.6 Å². The van der Waals surface area contributed by atoms with E-state index >= 15 is 0 Å². The number of aliphatic hydroxyl groups excluding tert-OH is 1. The van der Waals surface area contributed by atoms with Gasteiger partial charge in [0.1, 0.15) is 19.3 Å². The highest BCUT2D eigenvalue weighted by Gasteiger charge is 2.30. The highest BCUT2D eigenvalue weighted by Crippen LogP contribution is 2.45. The molecule has 5 atom stereocenters. The number of carbonyl (C=O) groups is 4. The summed E-state index contributed by atoms with van der Waals surface area (Å²) in [4.78, 5) is 72.6. The fourth-order valence-electron chi connectivity index (χ4n) is 10.7. The number of allylic oxidation sites excluding steroid dienone is 4. The molecule has 0 spiro atoms. The molecule has 3 N–H and O–H groups in total. The van der Waals surface area contributed by atoms with Crippen molar-refractivity contribution in [3.05, 3.63) is 24.3 Å². The minimum atomic E-state index is -4.96. The Bertz CT molecular complexity index is 1910. The van der Waals surface area contributed by atoms with Gasteiger partial charge in [0.25, 0.3) is 0 Å². The quantitative estimate of drug-likeness (QED) is 0.0169. The van der Waals surface area contributed by atoms with Crippen LogP contribution in [-0.2, 0) is 65.4 Å². The highest BCUT2D eigenvalue weighted by molar-refractivity contribution is 7.47. The van der Waals surface area contributed by atoms with Crippen LogP contribution in [0, 0.1) is 17.8 Å². The molecular weight excluding hydrogens is 1220 g/mol.